The molecule has 5 rings (SSSR count). The van der Waals surface area contributed by atoms with Crippen molar-refractivity contribution in [2.45, 2.75) is 129 Å². The summed E-state index contributed by atoms with van der Waals surface area (Å²) >= 11 is 0. The van der Waals surface area contributed by atoms with Crippen LogP contribution in [-0.4, -0.2) is 135 Å². The first-order valence-electron chi connectivity index (χ1n) is 18.9. The summed E-state index contributed by atoms with van der Waals surface area (Å²) in [6, 6.07) is 5.95. The number of esters is 7. The van der Waals surface area contributed by atoms with Crippen LogP contribution < -0.4 is 10.4 Å². The minimum absolute atomic E-state index is 0.129. The monoisotopic (exact) mass is 866 g/mol. The predicted molar refractivity (Wildman–Crippen MR) is 196 cm³/mol. The van der Waals surface area contributed by atoms with E-state index in [1.165, 1.54) is 12.1 Å². The molecule has 4 heterocycles. The molecule has 61 heavy (non-hydrogen) atoms. The van der Waals surface area contributed by atoms with Gasteiger partial charge in [-0.05, 0) is 24.6 Å². The van der Waals surface area contributed by atoms with Gasteiger partial charge in [-0.2, -0.15) is 0 Å². The van der Waals surface area contributed by atoms with E-state index in [0.717, 1.165) is 48.5 Å². The molecule has 2 aromatic rings. The van der Waals surface area contributed by atoms with Crippen LogP contribution in [0.25, 0.3) is 11.0 Å². The molecule has 12 atom stereocenters. The van der Waals surface area contributed by atoms with Crippen LogP contribution in [0, 0.1) is 6.92 Å². The summed E-state index contributed by atoms with van der Waals surface area (Å²) in [6.07, 6.45) is -17.7. The van der Waals surface area contributed by atoms with E-state index in [4.69, 9.17) is 66.0 Å². The first-order valence-corrected chi connectivity index (χ1v) is 18.9. The van der Waals surface area contributed by atoms with Crippen LogP contribution >= 0.6 is 0 Å². The fourth-order valence-corrected chi connectivity index (χ4v) is 6.92. The number of carbonyl (C=O) groups excluding carboxylic acids is 7. The van der Waals surface area contributed by atoms with E-state index < -0.39 is 141 Å². The van der Waals surface area contributed by atoms with Crippen LogP contribution in [0.4, 0.5) is 0 Å². The lowest BCUT2D eigenvalue weighted by Crippen LogP contribution is -2.64. The van der Waals surface area contributed by atoms with Gasteiger partial charge in [0.1, 0.15) is 23.5 Å². The van der Waals surface area contributed by atoms with Crippen LogP contribution in [0.15, 0.2) is 33.5 Å². The predicted octanol–water partition coefficient (Wildman–Crippen LogP) is 0.841. The highest BCUT2D eigenvalue weighted by Crippen LogP contribution is 2.34. The maximum Gasteiger partial charge on any atom is 0.336 e. The number of ether oxygens (including phenoxy) is 13. The molecule has 0 bridgehead atoms. The van der Waals surface area contributed by atoms with E-state index in [0.29, 0.717) is 10.9 Å². The lowest BCUT2D eigenvalue weighted by molar-refractivity contribution is -0.347. The van der Waals surface area contributed by atoms with Gasteiger partial charge in [-0.15, -0.1) is 0 Å². The summed E-state index contributed by atoms with van der Waals surface area (Å²) in [4.78, 5) is 98.3. The zero-order chi connectivity index (χ0) is 44.7. The van der Waals surface area contributed by atoms with Gasteiger partial charge in [0.05, 0.1) is 19.8 Å². The number of hydrogen-bond donors (Lipinski definition) is 0. The van der Waals surface area contributed by atoms with E-state index in [9.17, 15) is 38.4 Å². The van der Waals surface area contributed by atoms with Gasteiger partial charge in [-0.1, -0.05) is 0 Å². The lowest BCUT2D eigenvalue weighted by Gasteiger charge is -2.46. The average Bonchev–Trinajstić information content (AvgIpc) is 3.13. The molecule has 3 saturated heterocycles. The van der Waals surface area contributed by atoms with Gasteiger partial charge >= 0.3 is 47.4 Å². The molecule has 0 saturated carbocycles. The van der Waals surface area contributed by atoms with Gasteiger partial charge < -0.3 is 66.0 Å². The normalized spacial score (nSPS) is 29.9. The first-order chi connectivity index (χ1) is 28.8. The van der Waals surface area contributed by atoms with E-state index in [1.807, 2.05) is 0 Å². The number of carbonyl (C=O) groups is 7. The molecule has 3 fully saturated rings. The van der Waals surface area contributed by atoms with Crippen molar-refractivity contribution in [3.05, 3.63) is 40.2 Å². The Balaban J connectivity index is 1.42. The molecule has 0 N–H and O–H groups in total. The van der Waals surface area contributed by atoms with E-state index in [2.05, 4.69) is 0 Å². The van der Waals surface area contributed by atoms with E-state index in [1.54, 1.807) is 19.1 Å². The van der Waals surface area contributed by atoms with Gasteiger partial charge in [0.15, 0.2) is 49.2 Å². The highest BCUT2D eigenvalue weighted by atomic mass is 16.8. The Morgan fingerprint density at radius 3 is 1.31 bits per heavy atom. The van der Waals surface area contributed by atoms with Crippen molar-refractivity contribution in [2.75, 3.05) is 19.8 Å². The van der Waals surface area contributed by atoms with Crippen LogP contribution in [0.1, 0.15) is 54.0 Å². The summed E-state index contributed by atoms with van der Waals surface area (Å²) in [5.74, 6) is -5.72. The molecular formula is C39H46O22. The van der Waals surface area contributed by atoms with Crippen molar-refractivity contribution in [3.8, 4) is 5.75 Å². The number of hydrogen-bond acceptors (Lipinski definition) is 22. The number of fused-ring (bicyclic) bond motifs is 1. The van der Waals surface area contributed by atoms with Crippen LogP contribution in [0.5, 0.6) is 5.75 Å². The van der Waals surface area contributed by atoms with E-state index in [-0.39, 0.29) is 11.3 Å². The Kier molecular flexibility index (Phi) is 15.4. The van der Waals surface area contributed by atoms with Crippen molar-refractivity contribution in [1.82, 2.24) is 0 Å². The van der Waals surface area contributed by atoms with Gasteiger partial charge in [0.2, 0.25) is 12.4 Å². The molecule has 0 aliphatic carbocycles. The second-order valence-electron chi connectivity index (χ2n) is 14.1. The smallest absolute Gasteiger partial charge is 0.336 e. The largest absolute Gasteiger partial charge is 0.461 e. The van der Waals surface area contributed by atoms with E-state index >= 15 is 0 Å². The van der Waals surface area contributed by atoms with Crippen molar-refractivity contribution >= 4 is 52.8 Å². The van der Waals surface area contributed by atoms with Crippen molar-refractivity contribution in [3.63, 3.8) is 0 Å². The highest BCUT2D eigenvalue weighted by Gasteiger charge is 2.55. The van der Waals surface area contributed by atoms with Crippen LogP contribution in [0.2, 0.25) is 0 Å². The minimum Gasteiger partial charge on any atom is -0.461 e. The van der Waals surface area contributed by atoms with Crippen molar-refractivity contribution in [2.24, 2.45) is 0 Å². The lowest BCUT2D eigenvalue weighted by atomic mass is 10.0. The number of rotatable bonds is 13. The summed E-state index contributed by atoms with van der Waals surface area (Å²) in [5, 5.41) is 0.628. The summed E-state index contributed by atoms with van der Waals surface area (Å²) < 4.78 is 79.8. The molecule has 3 aliphatic rings. The van der Waals surface area contributed by atoms with Crippen molar-refractivity contribution < 1.29 is 99.6 Å². The average molecular weight is 867 g/mol. The van der Waals surface area contributed by atoms with Crippen LogP contribution in [-0.2, 0) is 90.4 Å². The molecule has 3 aliphatic heterocycles. The number of benzene rings is 1. The third kappa shape index (κ3) is 12.2. The Morgan fingerprint density at radius 1 is 0.492 bits per heavy atom. The van der Waals surface area contributed by atoms with Gasteiger partial charge in [0.25, 0.3) is 0 Å². The van der Waals surface area contributed by atoms with Gasteiger partial charge in [-0.25, -0.2) is 4.79 Å². The second-order valence-corrected chi connectivity index (χ2v) is 14.1. The fraction of sp³-hybridized carbons (Fsp3) is 0.590. The standard InChI is InChI=1S/C39H46O22/c1-16-11-30(47)59-26-12-24(9-10-25(16)26)58-37-34(55-21(6)44)32(53-19(4)42)28(14-48-37)60-39-36(57-23(8)46)33(54-20(5)43)29(15-50-39)61-38-35(56-22(7)45)31(52-18(3)41)27(13-49-38)51-17(2)40/h9-12,27-29,31-39H,13-15H2,1-8H3/t27-,28-,29-,31+,32+,33+,34-,35-,36-,37+,38+,39+/m1/s1. The molecule has 1 aromatic carbocycles. The molecule has 0 amide bonds. The molecular weight excluding hydrogens is 820 g/mol. The Labute approximate surface area is 347 Å². The molecule has 1 aromatic heterocycles. The minimum atomic E-state index is -1.64. The Morgan fingerprint density at radius 2 is 0.869 bits per heavy atom. The topological polar surface area (TPSA) is 270 Å². The molecule has 334 valence electrons. The third-order valence-electron chi connectivity index (χ3n) is 9.07. The molecule has 0 spiro atoms. The highest BCUT2D eigenvalue weighted by molar-refractivity contribution is 5.81. The molecule has 0 unspecified atom stereocenters. The first kappa shape index (κ1) is 46.4. The summed E-state index contributed by atoms with van der Waals surface area (Å²) in [7, 11) is 0. The fourth-order valence-electron chi connectivity index (χ4n) is 6.92. The maximum absolute atomic E-state index is 12.6. The van der Waals surface area contributed by atoms with Gasteiger partial charge in [-0.3, -0.25) is 33.6 Å². The maximum atomic E-state index is 12.6. The Hall–Kier alpha value is -5.68. The zero-order valence-electron chi connectivity index (χ0n) is 34.3. The van der Waals surface area contributed by atoms with Crippen molar-refractivity contribution in [1.29, 1.82) is 0 Å². The number of aryl methyl sites for hydroxylation is 1. The molecule has 22 nitrogen and oxygen atoms in total. The third-order valence-corrected chi connectivity index (χ3v) is 9.07. The SMILES string of the molecule is CC(=O)O[C@@H]1[C@@H](OC(C)=O)[C@H](O[C@@H]2CO[C@@H](O[C@@H]3CO[C@@H](Oc4ccc5c(C)cc(=O)oc5c4)[C@H](OC(C)=O)[C@H]3OC(C)=O)[C@H](OC(C)=O)[C@H]2OC(C)=O)OC[C@H]1OC(C)=O. The van der Waals surface area contributed by atoms with Gasteiger partial charge in [0, 0.05) is 66.0 Å². The second kappa shape index (κ2) is 20.3. The summed E-state index contributed by atoms with van der Waals surface area (Å²) in [6.45, 7) is 7.95. The summed E-state index contributed by atoms with van der Waals surface area (Å²) in [5.41, 5.74) is 0.259. The zero-order valence-corrected chi connectivity index (χ0v) is 34.3. The Bertz CT molecular complexity index is 2030. The molecule has 22 heteroatoms. The quantitative estimate of drug-likeness (QED) is 0.153. The molecule has 0 radical (unpaired) electrons. The van der Waals surface area contributed by atoms with Crippen LogP contribution in [0.3, 0.4) is 0 Å².